The van der Waals surface area contributed by atoms with E-state index < -0.39 is 6.10 Å². The minimum absolute atomic E-state index is 0.258. The van der Waals surface area contributed by atoms with Gasteiger partial charge in [0.1, 0.15) is 0 Å². The molecule has 0 radical (unpaired) electrons. The van der Waals surface area contributed by atoms with E-state index in [1.54, 1.807) is 6.92 Å². The van der Waals surface area contributed by atoms with Crippen molar-refractivity contribution in [3.05, 3.63) is 0 Å². The molecule has 2 N–H and O–H groups in total. The van der Waals surface area contributed by atoms with Gasteiger partial charge in [0.05, 0.1) is 6.61 Å². The number of rotatable bonds is 8. The molecule has 0 spiro atoms. The predicted molar refractivity (Wildman–Crippen MR) is 55.0 cm³/mol. The Labute approximate surface area is 85.8 Å². The normalized spacial score (nSPS) is 12.5. The first kappa shape index (κ1) is 13.4. The molecule has 0 aliphatic carbocycles. The summed E-state index contributed by atoms with van der Waals surface area (Å²) < 4.78 is 10.3. The third-order valence-electron chi connectivity index (χ3n) is 1.77. The fourth-order valence-corrected chi connectivity index (χ4v) is 1.08. The molecule has 0 saturated heterocycles. The maximum Gasteiger partial charge on any atom is 0.335 e. The molecule has 4 heteroatoms. The van der Waals surface area contributed by atoms with Crippen LogP contribution < -0.4 is 5.73 Å². The molecule has 0 saturated carbocycles. The van der Waals surface area contributed by atoms with Crippen molar-refractivity contribution in [1.82, 2.24) is 0 Å². The highest BCUT2D eigenvalue weighted by Crippen LogP contribution is 2.05. The predicted octanol–water partition coefficient (Wildman–Crippen LogP) is 1.08. The maximum atomic E-state index is 11.3. The van der Waals surface area contributed by atoms with Crippen molar-refractivity contribution < 1.29 is 14.3 Å². The molecule has 1 atom stereocenters. The minimum atomic E-state index is -0.411. The molecular formula is C10H21NO3. The molecule has 4 nitrogen and oxygen atoms in total. The van der Waals surface area contributed by atoms with Crippen molar-refractivity contribution in [2.24, 2.45) is 5.73 Å². The molecule has 0 bridgehead atoms. The molecule has 14 heavy (non-hydrogen) atoms. The number of nitrogens with two attached hydrogens (primary N) is 1. The van der Waals surface area contributed by atoms with Gasteiger partial charge in [-0.3, -0.25) is 0 Å². The summed E-state index contributed by atoms with van der Waals surface area (Å²) >= 11 is 0. The van der Waals surface area contributed by atoms with Crippen molar-refractivity contribution in [3.8, 4) is 0 Å². The van der Waals surface area contributed by atoms with Crippen LogP contribution in [0.4, 0.5) is 0 Å². The molecule has 0 amide bonds. The first-order chi connectivity index (χ1) is 6.76. The van der Waals surface area contributed by atoms with Gasteiger partial charge >= 0.3 is 5.97 Å². The Hall–Kier alpha value is -0.610. The van der Waals surface area contributed by atoms with Gasteiger partial charge in [-0.1, -0.05) is 13.3 Å². The minimum Gasteiger partial charge on any atom is -0.464 e. The Morgan fingerprint density at radius 1 is 1.43 bits per heavy atom. The first-order valence-electron chi connectivity index (χ1n) is 5.24. The van der Waals surface area contributed by atoms with Crippen LogP contribution in [-0.2, 0) is 14.3 Å². The SMILES string of the molecule is CCCC(OCCCN)C(=O)OCC. The molecule has 0 fully saturated rings. The lowest BCUT2D eigenvalue weighted by Crippen LogP contribution is -2.27. The largest absolute Gasteiger partial charge is 0.464 e. The van der Waals surface area contributed by atoms with Crippen LogP contribution in [0.25, 0.3) is 0 Å². The monoisotopic (exact) mass is 203 g/mol. The van der Waals surface area contributed by atoms with E-state index in [2.05, 4.69) is 0 Å². The molecule has 0 aromatic heterocycles. The summed E-state index contributed by atoms with van der Waals surface area (Å²) in [4.78, 5) is 11.3. The summed E-state index contributed by atoms with van der Waals surface area (Å²) in [5, 5.41) is 0. The number of carbonyl (C=O) groups excluding carboxylic acids is 1. The van der Waals surface area contributed by atoms with Gasteiger partial charge in [-0.25, -0.2) is 4.79 Å². The van der Waals surface area contributed by atoms with Gasteiger partial charge < -0.3 is 15.2 Å². The second kappa shape index (κ2) is 8.97. The van der Waals surface area contributed by atoms with E-state index in [0.717, 1.165) is 12.8 Å². The van der Waals surface area contributed by atoms with Crippen molar-refractivity contribution >= 4 is 5.97 Å². The van der Waals surface area contributed by atoms with E-state index in [1.807, 2.05) is 6.92 Å². The summed E-state index contributed by atoms with van der Waals surface area (Å²) in [6.45, 7) is 5.32. The number of ether oxygens (including phenoxy) is 2. The van der Waals surface area contributed by atoms with Crippen LogP contribution in [-0.4, -0.2) is 31.8 Å². The highest BCUT2D eigenvalue weighted by Gasteiger charge is 2.18. The Morgan fingerprint density at radius 3 is 2.64 bits per heavy atom. The summed E-state index contributed by atoms with van der Waals surface area (Å²) in [7, 11) is 0. The van der Waals surface area contributed by atoms with E-state index in [4.69, 9.17) is 15.2 Å². The van der Waals surface area contributed by atoms with Crippen molar-refractivity contribution in [1.29, 1.82) is 0 Å². The van der Waals surface area contributed by atoms with Gasteiger partial charge in [0, 0.05) is 6.61 Å². The van der Waals surface area contributed by atoms with E-state index in [-0.39, 0.29) is 5.97 Å². The average molecular weight is 203 g/mol. The average Bonchev–Trinajstić information content (AvgIpc) is 2.17. The zero-order chi connectivity index (χ0) is 10.8. The van der Waals surface area contributed by atoms with Crippen molar-refractivity contribution in [3.63, 3.8) is 0 Å². The fraction of sp³-hybridized carbons (Fsp3) is 0.900. The summed E-state index contributed by atoms with van der Waals surface area (Å²) in [5.74, 6) is -0.258. The maximum absolute atomic E-state index is 11.3. The number of carbonyl (C=O) groups is 1. The van der Waals surface area contributed by atoms with Crippen LogP contribution in [0.1, 0.15) is 33.1 Å². The van der Waals surface area contributed by atoms with Crippen molar-refractivity contribution in [2.45, 2.75) is 39.2 Å². The smallest absolute Gasteiger partial charge is 0.335 e. The zero-order valence-electron chi connectivity index (χ0n) is 9.12. The topological polar surface area (TPSA) is 61.5 Å². The molecule has 0 aromatic carbocycles. The lowest BCUT2D eigenvalue weighted by molar-refractivity contribution is -0.157. The molecular weight excluding hydrogens is 182 g/mol. The lowest BCUT2D eigenvalue weighted by Gasteiger charge is -2.15. The van der Waals surface area contributed by atoms with Crippen LogP contribution in [0.15, 0.2) is 0 Å². The van der Waals surface area contributed by atoms with E-state index in [9.17, 15) is 4.79 Å². The van der Waals surface area contributed by atoms with Crippen LogP contribution in [0.5, 0.6) is 0 Å². The van der Waals surface area contributed by atoms with Gasteiger partial charge in [0.2, 0.25) is 0 Å². The van der Waals surface area contributed by atoms with Gasteiger partial charge in [0.15, 0.2) is 6.10 Å². The second-order valence-electron chi connectivity index (χ2n) is 3.04. The van der Waals surface area contributed by atoms with Crippen LogP contribution in [0.3, 0.4) is 0 Å². The highest BCUT2D eigenvalue weighted by atomic mass is 16.6. The Kier molecular flexibility index (Phi) is 8.57. The molecule has 0 aromatic rings. The van der Waals surface area contributed by atoms with Crippen molar-refractivity contribution in [2.75, 3.05) is 19.8 Å². The second-order valence-corrected chi connectivity index (χ2v) is 3.04. The first-order valence-corrected chi connectivity index (χ1v) is 5.24. The molecule has 1 unspecified atom stereocenters. The number of hydrogen-bond acceptors (Lipinski definition) is 4. The lowest BCUT2D eigenvalue weighted by atomic mass is 10.2. The summed E-state index contributed by atoms with van der Waals surface area (Å²) in [6, 6.07) is 0. The van der Waals surface area contributed by atoms with Gasteiger partial charge in [-0.15, -0.1) is 0 Å². The standard InChI is InChI=1S/C10H21NO3/c1-3-6-9(10(12)13-4-2)14-8-5-7-11/h9H,3-8,11H2,1-2H3. The third-order valence-corrected chi connectivity index (χ3v) is 1.77. The van der Waals surface area contributed by atoms with Crippen LogP contribution in [0, 0.1) is 0 Å². The molecule has 0 aliphatic rings. The Morgan fingerprint density at radius 2 is 2.14 bits per heavy atom. The van der Waals surface area contributed by atoms with E-state index in [1.165, 1.54) is 0 Å². The van der Waals surface area contributed by atoms with Crippen LogP contribution >= 0.6 is 0 Å². The molecule has 0 heterocycles. The van der Waals surface area contributed by atoms with E-state index in [0.29, 0.717) is 26.2 Å². The third kappa shape index (κ3) is 5.94. The molecule has 0 rings (SSSR count). The summed E-state index contributed by atoms with van der Waals surface area (Å²) in [6.07, 6.45) is 1.99. The molecule has 0 aliphatic heterocycles. The Balaban J connectivity index is 3.81. The van der Waals surface area contributed by atoms with Crippen LogP contribution in [0.2, 0.25) is 0 Å². The Bertz CT molecular complexity index is 150. The number of hydrogen-bond donors (Lipinski definition) is 1. The fourth-order valence-electron chi connectivity index (χ4n) is 1.08. The van der Waals surface area contributed by atoms with Gasteiger partial charge in [0.25, 0.3) is 0 Å². The van der Waals surface area contributed by atoms with Gasteiger partial charge in [-0.2, -0.15) is 0 Å². The quantitative estimate of drug-likeness (QED) is 0.473. The zero-order valence-corrected chi connectivity index (χ0v) is 9.12. The number of esters is 1. The van der Waals surface area contributed by atoms with E-state index >= 15 is 0 Å². The summed E-state index contributed by atoms with van der Waals surface area (Å²) in [5.41, 5.74) is 5.33. The highest BCUT2D eigenvalue weighted by molar-refractivity contribution is 5.74. The van der Waals surface area contributed by atoms with Gasteiger partial charge in [-0.05, 0) is 26.3 Å². The molecule has 84 valence electrons.